The fraction of sp³-hybridized carbons (Fsp3) is 0.667. The smallest absolute Gasteiger partial charge is 0.326 e. The Hall–Kier alpha value is -2.99. The van der Waals surface area contributed by atoms with Crippen molar-refractivity contribution in [2.24, 2.45) is 17.6 Å². The number of aromatic nitrogens is 2. The number of carbonyl (C=O) groups is 4. The number of rotatable bonds is 14. The third-order valence-corrected chi connectivity index (χ3v) is 4.81. The van der Waals surface area contributed by atoms with Gasteiger partial charge in [0, 0.05) is 18.3 Å². The molecule has 0 radical (unpaired) electrons. The van der Waals surface area contributed by atoms with Crippen molar-refractivity contribution < 1.29 is 29.4 Å². The lowest BCUT2D eigenvalue weighted by atomic mass is 10.0. The maximum absolute atomic E-state index is 12.8. The summed E-state index contributed by atoms with van der Waals surface area (Å²) in [6, 6.07) is -4.47. The molecule has 0 aromatic carbocycles. The molecule has 0 fully saturated rings. The molecule has 12 heteroatoms. The first kappa shape index (κ1) is 28.0. The number of carbonyl (C=O) groups excluding carboxylic acids is 3. The van der Waals surface area contributed by atoms with Gasteiger partial charge in [-0.25, -0.2) is 9.78 Å². The minimum atomic E-state index is -1.38. The Balaban J connectivity index is 2.82. The number of aliphatic carboxylic acids is 1. The highest BCUT2D eigenvalue weighted by Gasteiger charge is 2.30. The highest BCUT2D eigenvalue weighted by molar-refractivity contribution is 5.94. The SMILES string of the molecule is CC(C)CC(NC(=O)C(CO)NC(=O)C(CC(C)C)NC(=O)C(N)Cc1cnc[nH]1)C(=O)O. The summed E-state index contributed by atoms with van der Waals surface area (Å²) in [6.45, 7) is 6.59. The van der Waals surface area contributed by atoms with Crippen LogP contribution in [0.4, 0.5) is 0 Å². The predicted molar refractivity (Wildman–Crippen MR) is 120 cm³/mol. The first-order valence-electron chi connectivity index (χ1n) is 10.9. The van der Waals surface area contributed by atoms with E-state index in [9.17, 15) is 29.4 Å². The number of H-pyrrole nitrogens is 1. The van der Waals surface area contributed by atoms with Crippen LogP contribution in [0, 0.1) is 11.8 Å². The first-order valence-corrected chi connectivity index (χ1v) is 10.9. The number of aliphatic hydroxyl groups is 1. The number of nitrogens with one attached hydrogen (secondary N) is 4. The van der Waals surface area contributed by atoms with Crippen LogP contribution in [-0.4, -0.2) is 74.6 Å². The summed E-state index contributed by atoms with van der Waals surface area (Å²) >= 11 is 0. The average molecular weight is 469 g/mol. The molecule has 12 nitrogen and oxygen atoms in total. The Morgan fingerprint density at radius 1 is 0.939 bits per heavy atom. The number of amides is 3. The number of aromatic amines is 1. The molecule has 0 aliphatic rings. The van der Waals surface area contributed by atoms with Crippen molar-refractivity contribution in [3.63, 3.8) is 0 Å². The molecule has 1 rings (SSSR count). The second-order valence-corrected chi connectivity index (χ2v) is 8.85. The normalized spacial score (nSPS) is 14.9. The van der Waals surface area contributed by atoms with Crippen molar-refractivity contribution in [3.05, 3.63) is 18.2 Å². The molecule has 3 amide bonds. The number of carboxylic acid groups (broad SMARTS) is 1. The topological polar surface area (TPSA) is 200 Å². The molecule has 4 atom stereocenters. The van der Waals surface area contributed by atoms with E-state index >= 15 is 0 Å². The van der Waals surface area contributed by atoms with Crippen LogP contribution in [0.5, 0.6) is 0 Å². The van der Waals surface area contributed by atoms with Crippen LogP contribution in [-0.2, 0) is 25.6 Å². The molecule has 1 heterocycles. The van der Waals surface area contributed by atoms with Gasteiger partial charge in [0.2, 0.25) is 17.7 Å². The van der Waals surface area contributed by atoms with Crippen molar-refractivity contribution in [2.75, 3.05) is 6.61 Å². The summed E-state index contributed by atoms with van der Waals surface area (Å²) in [5.41, 5.74) is 6.60. The zero-order chi connectivity index (χ0) is 25.1. The number of nitrogens with two attached hydrogens (primary N) is 1. The number of hydrogen-bond donors (Lipinski definition) is 7. The first-order chi connectivity index (χ1) is 15.4. The van der Waals surface area contributed by atoms with Crippen LogP contribution in [0.15, 0.2) is 12.5 Å². The van der Waals surface area contributed by atoms with Crippen molar-refractivity contribution in [1.82, 2.24) is 25.9 Å². The lowest BCUT2D eigenvalue weighted by Gasteiger charge is -2.25. The van der Waals surface area contributed by atoms with E-state index in [4.69, 9.17) is 5.73 Å². The minimum absolute atomic E-state index is 0.00479. The van der Waals surface area contributed by atoms with E-state index in [1.165, 1.54) is 6.33 Å². The number of aliphatic hydroxyl groups excluding tert-OH is 1. The molecule has 0 saturated heterocycles. The Morgan fingerprint density at radius 3 is 1.94 bits per heavy atom. The highest BCUT2D eigenvalue weighted by Crippen LogP contribution is 2.08. The van der Waals surface area contributed by atoms with Crippen molar-refractivity contribution in [3.8, 4) is 0 Å². The summed E-state index contributed by atoms with van der Waals surface area (Å²) in [4.78, 5) is 56.0. The van der Waals surface area contributed by atoms with Crippen molar-refractivity contribution >= 4 is 23.7 Å². The summed E-state index contributed by atoms with van der Waals surface area (Å²) in [5, 5.41) is 26.3. The molecule has 0 spiro atoms. The Labute approximate surface area is 193 Å². The van der Waals surface area contributed by atoms with Gasteiger partial charge in [0.25, 0.3) is 0 Å². The summed E-state index contributed by atoms with van der Waals surface area (Å²) < 4.78 is 0. The third kappa shape index (κ3) is 10.00. The number of carboxylic acids is 1. The van der Waals surface area contributed by atoms with Gasteiger partial charge in [-0.05, 0) is 24.7 Å². The molecule has 0 aliphatic carbocycles. The fourth-order valence-corrected chi connectivity index (χ4v) is 3.14. The van der Waals surface area contributed by atoms with Crippen LogP contribution in [0.1, 0.15) is 46.2 Å². The lowest BCUT2D eigenvalue weighted by molar-refractivity contribution is -0.143. The van der Waals surface area contributed by atoms with Gasteiger partial charge in [-0.2, -0.15) is 0 Å². The van der Waals surface area contributed by atoms with Crippen LogP contribution in [0.3, 0.4) is 0 Å². The Bertz CT molecular complexity index is 782. The van der Waals surface area contributed by atoms with Gasteiger partial charge in [0.1, 0.15) is 18.1 Å². The zero-order valence-electron chi connectivity index (χ0n) is 19.5. The minimum Gasteiger partial charge on any atom is -0.480 e. The van der Waals surface area contributed by atoms with Gasteiger partial charge >= 0.3 is 5.97 Å². The second-order valence-electron chi connectivity index (χ2n) is 8.85. The van der Waals surface area contributed by atoms with Gasteiger partial charge in [0.05, 0.1) is 19.0 Å². The maximum Gasteiger partial charge on any atom is 0.326 e. The Kier molecular flexibility index (Phi) is 11.5. The third-order valence-electron chi connectivity index (χ3n) is 4.81. The molecule has 186 valence electrons. The van der Waals surface area contributed by atoms with E-state index in [-0.39, 0.29) is 31.1 Å². The lowest BCUT2D eigenvalue weighted by Crippen LogP contribution is -2.58. The largest absolute Gasteiger partial charge is 0.480 e. The molecule has 33 heavy (non-hydrogen) atoms. The molecule has 4 unspecified atom stereocenters. The fourth-order valence-electron chi connectivity index (χ4n) is 3.14. The monoisotopic (exact) mass is 468 g/mol. The van der Waals surface area contributed by atoms with Gasteiger partial charge in [0.15, 0.2) is 0 Å². The van der Waals surface area contributed by atoms with Crippen LogP contribution in [0.2, 0.25) is 0 Å². The summed E-state index contributed by atoms with van der Waals surface area (Å²) in [6.07, 6.45) is 3.65. The Morgan fingerprint density at radius 2 is 1.45 bits per heavy atom. The predicted octanol–water partition coefficient (Wildman–Crippen LogP) is -1.10. The van der Waals surface area contributed by atoms with E-state index in [0.717, 1.165) is 0 Å². The van der Waals surface area contributed by atoms with Gasteiger partial charge in [-0.3, -0.25) is 14.4 Å². The van der Waals surface area contributed by atoms with E-state index in [2.05, 4.69) is 25.9 Å². The van der Waals surface area contributed by atoms with Gasteiger partial charge in [-0.1, -0.05) is 27.7 Å². The van der Waals surface area contributed by atoms with Crippen molar-refractivity contribution in [1.29, 1.82) is 0 Å². The number of imidazole rings is 1. The summed E-state index contributed by atoms with van der Waals surface area (Å²) in [7, 11) is 0. The van der Waals surface area contributed by atoms with E-state index < -0.39 is 54.5 Å². The van der Waals surface area contributed by atoms with Crippen molar-refractivity contribution in [2.45, 2.75) is 71.1 Å². The quantitative estimate of drug-likeness (QED) is 0.178. The number of hydrogen-bond acceptors (Lipinski definition) is 7. The summed E-state index contributed by atoms with van der Waals surface area (Å²) in [5.74, 6) is -3.26. The standard InChI is InChI=1S/C21H36N6O6/c1-11(2)5-15(25-18(29)14(22)7-13-8-23-10-24-13)19(30)27-17(9-28)20(31)26-16(21(32)33)6-12(3)4/h8,10-12,14-17,28H,5-7,9,22H2,1-4H3,(H,23,24)(H,25,29)(H,26,31)(H,27,30)(H,32,33). The van der Waals surface area contributed by atoms with E-state index in [0.29, 0.717) is 5.69 Å². The molecular formula is C21H36N6O6. The molecule has 0 bridgehead atoms. The second kappa shape index (κ2) is 13.5. The van der Waals surface area contributed by atoms with E-state index in [1.807, 2.05) is 27.7 Å². The average Bonchev–Trinajstić information content (AvgIpc) is 3.22. The molecule has 0 aliphatic heterocycles. The van der Waals surface area contributed by atoms with Gasteiger partial charge in [-0.15, -0.1) is 0 Å². The molecular weight excluding hydrogens is 432 g/mol. The maximum atomic E-state index is 12.8. The molecule has 0 saturated carbocycles. The molecule has 8 N–H and O–H groups in total. The van der Waals surface area contributed by atoms with Crippen LogP contribution in [0.25, 0.3) is 0 Å². The van der Waals surface area contributed by atoms with E-state index in [1.54, 1.807) is 6.20 Å². The van der Waals surface area contributed by atoms with Crippen LogP contribution < -0.4 is 21.7 Å². The van der Waals surface area contributed by atoms with Gasteiger partial charge < -0.3 is 36.9 Å². The molecule has 1 aromatic heterocycles. The number of nitrogens with zero attached hydrogens (tertiary/aromatic N) is 1. The highest BCUT2D eigenvalue weighted by atomic mass is 16.4. The van der Waals surface area contributed by atoms with Crippen LogP contribution >= 0.6 is 0 Å². The molecule has 1 aromatic rings. The zero-order valence-corrected chi connectivity index (χ0v) is 19.5.